The normalized spacial score (nSPS) is 13.9. The molecule has 0 aliphatic carbocycles. The molecule has 1 heterocycles. The van der Waals surface area contributed by atoms with Gasteiger partial charge in [-0.05, 0) is 41.2 Å². The van der Waals surface area contributed by atoms with Crippen LogP contribution in [0.1, 0.15) is 51.9 Å². The van der Waals surface area contributed by atoms with Crippen molar-refractivity contribution < 1.29 is 9.47 Å². The molecule has 0 aromatic carbocycles. The van der Waals surface area contributed by atoms with Gasteiger partial charge in [-0.1, -0.05) is 0 Å². The summed E-state index contributed by atoms with van der Waals surface area (Å²) >= 11 is 0. The Kier molecular flexibility index (Phi) is 5.38. The number of hydrogen-bond donors (Lipinski definition) is 1. The van der Waals surface area contributed by atoms with Crippen molar-refractivity contribution in [3.63, 3.8) is 0 Å². The first-order valence-electron chi connectivity index (χ1n) is 6.70. The van der Waals surface area contributed by atoms with Crippen molar-refractivity contribution in [2.45, 2.75) is 51.8 Å². The van der Waals surface area contributed by atoms with Crippen molar-refractivity contribution in [3.8, 4) is 5.75 Å². The molecule has 5 heteroatoms. The van der Waals surface area contributed by atoms with Gasteiger partial charge in [-0.3, -0.25) is 4.68 Å². The summed E-state index contributed by atoms with van der Waals surface area (Å²) in [5.74, 6) is 0.819. The lowest BCUT2D eigenvalue weighted by Crippen LogP contribution is -2.32. The number of hydrogen-bond acceptors (Lipinski definition) is 4. The summed E-state index contributed by atoms with van der Waals surface area (Å²) in [6.45, 7) is 8.40. The third kappa shape index (κ3) is 3.70. The smallest absolute Gasteiger partial charge is 0.161 e. The van der Waals surface area contributed by atoms with Crippen LogP contribution in [-0.2, 0) is 4.74 Å². The highest BCUT2D eigenvalue weighted by molar-refractivity contribution is 5.29. The zero-order valence-corrected chi connectivity index (χ0v) is 13.2. The predicted molar refractivity (Wildman–Crippen MR) is 76.7 cm³/mol. The van der Waals surface area contributed by atoms with E-state index in [4.69, 9.17) is 9.47 Å². The first-order chi connectivity index (χ1) is 8.86. The third-order valence-electron chi connectivity index (χ3n) is 3.43. The molecule has 0 saturated heterocycles. The van der Waals surface area contributed by atoms with Gasteiger partial charge in [0, 0.05) is 13.2 Å². The van der Waals surface area contributed by atoms with Crippen LogP contribution in [0, 0.1) is 0 Å². The van der Waals surface area contributed by atoms with Gasteiger partial charge in [0.15, 0.2) is 5.75 Å². The Bertz CT molecular complexity index is 399. The van der Waals surface area contributed by atoms with Crippen molar-refractivity contribution in [2.75, 3.05) is 21.3 Å². The first-order valence-corrected chi connectivity index (χ1v) is 6.70. The van der Waals surface area contributed by atoms with Gasteiger partial charge in [0.2, 0.25) is 0 Å². The SMILES string of the molecule is CNC(CC(C)(C)OC)c1c(OC)cnn1C(C)C. The zero-order chi connectivity index (χ0) is 14.6. The van der Waals surface area contributed by atoms with Crippen LogP contribution in [0.15, 0.2) is 6.20 Å². The molecule has 0 radical (unpaired) electrons. The summed E-state index contributed by atoms with van der Waals surface area (Å²) in [5.41, 5.74) is 0.871. The van der Waals surface area contributed by atoms with E-state index in [2.05, 4.69) is 38.1 Å². The topological polar surface area (TPSA) is 48.3 Å². The van der Waals surface area contributed by atoms with E-state index in [1.807, 2.05) is 11.7 Å². The zero-order valence-electron chi connectivity index (χ0n) is 13.2. The maximum Gasteiger partial charge on any atom is 0.161 e. The Balaban J connectivity index is 3.12. The lowest BCUT2D eigenvalue weighted by atomic mass is 9.96. The molecular formula is C14H27N3O2. The fourth-order valence-corrected chi connectivity index (χ4v) is 2.17. The van der Waals surface area contributed by atoms with Crippen molar-refractivity contribution in [1.82, 2.24) is 15.1 Å². The van der Waals surface area contributed by atoms with E-state index < -0.39 is 0 Å². The largest absolute Gasteiger partial charge is 0.493 e. The lowest BCUT2D eigenvalue weighted by molar-refractivity contribution is 0.00648. The highest BCUT2D eigenvalue weighted by atomic mass is 16.5. The Morgan fingerprint density at radius 3 is 2.42 bits per heavy atom. The average Bonchev–Trinajstić information content (AvgIpc) is 2.79. The molecule has 19 heavy (non-hydrogen) atoms. The fourth-order valence-electron chi connectivity index (χ4n) is 2.17. The molecule has 0 bridgehead atoms. The summed E-state index contributed by atoms with van der Waals surface area (Å²) in [5, 5.41) is 7.77. The molecule has 0 aliphatic rings. The molecule has 1 N–H and O–H groups in total. The Hall–Kier alpha value is -1.07. The second-order valence-corrected chi connectivity index (χ2v) is 5.65. The van der Waals surface area contributed by atoms with E-state index in [0.29, 0.717) is 6.04 Å². The maximum atomic E-state index is 5.53. The number of rotatable bonds is 7. The van der Waals surface area contributed by atoms with Crippen LogP contribution < -0.4 is 10.1 Å². The Labute approximate surface area is 116 Å². The molecule has 1 aromatic heterocycles. The minimum absolute atomic E-state index is 0.134. The van der Waals surface area contributed by atoms with Gasteiger partial charge < -0.3 is 14.8 Å². The van der Waals surface area contributed by atoms with Gasteiger partial charge >= 0.3 is 0 Å². The second-order valence-electron chi connectivity index (χ2n) is 5.65. The van der Waals surface area contributed by atoms with Crippen LogP contribution in [0.3, 0.4) is 0 Å². The molecule has 1 atom stereocenters. The van der Waals surface area contributed by atoms with E-state index in [0.717, 1.165) is 17.9 Å². The molecule has 0 fully saturated rings. The van der Waals surface area contributed by atoms with Crippen LogP contribution in [0.4, 0.5) is 0 Å². The van der Waals surface area contributed by atoms with E-state index in [-0.39, 0.29) is 11.6 Å². The molecule has 1 rings (SSSR count). The number of aromatic nitrogens is 2. The highest BCUT2D eigenvalue weighted by Crippen LogP contribution is 2.33. The molecule has 0 aliphatic heterocycles. The van der Waals surface area contributed by atoms with Gasteiger partial charge in [-0.25, -0.2) is 0 Å². The molecule has 0 spiro atoms. The monoisotopic (exact) mass is 269 g/mol. The van der Waals surface area contributed by atoms with Gasteiger partial charge in [-0.15, -0.1) is 0 Å². The summed E-state index contributed by atoms with van der Waals surface area (Å²) < 4.78 is 13.0. The van der Waals surface area contributed by atoms with Gasteiger partial charge in [0.1, 0.15) is 0 Å². The van der Waals surface area contributed by atoms with Crippen molar-refractivity contribution in [1.29, 1.82) is 0 Å². The first kappa shape index (κ1) is 16.0. The molecular weight excluding hydrogens is 242 g/mol. The Morgan fingerprint density at radius 1 is 1.37 bits per heavy atom. The van der Waals surface area contributed by atoms with Gasteiger partial charge in [0.25, 0.3) is 0 Å². The standard InChI is InChI=1S/C14H27N3O2/c1-10(2)17-13(12(18-6)9-16-17)11(15-5)8-14(3,4)19-7/h9-11,15H,8H2,1-7H3. The molecule has 1 unspecified atom stereocenters. The third-order valence-corrected chi connectivity index (χ3v) is 3.43. The molecule has 0 amide bonds. The van der Waals surface area contributed by atoms with E-state index in [1.54, 1.807) is 20.4 Å². The highest BCUT2D eigenvalue weighted by Gasteiger charge is 2.28. The molecule has 1 aromatic rings. The van der Waals surface area contributed by atoms with Crippen LogP contribution >= 0.6 is 0 Å². The number of nitrogens with one attached hydrogen (secondary N) is 1. The Morgan fingerprint density at radius 2 is 2.00 bits per heavy atom. The summed E-state index contributed by atoms with van der Waals surface area (Å²) in [4.78, 5) is 0. The van der Waals surface area contributed by atoms with Crippen molar-refractivity contribution in [2.24, 2.45) is 0 Å². The number of ether oxygens (including phenoxy) is 2. The average molecular weight is 269 g/mol. The van der Waals surface area contributed by atoms with Crippen LogP contribution in [0.25, 0.3) is 0 Å². The minimum Gasteiger partial charge on any atom is -0.493 e. The quantitative estimate of drug-likeness (QED) is 0.826. The van der Waals surface area contributed by atoms with Crippen LogP contribution in [0.5, 0.6) is 5.75 Å². The van der Waals surface area contributed by atoms with Gasteiger partial charge in [-0.2, -0.15) is 5.10 Å². The van der Waals surface area contributed by atoms with E-state index >= 15 is 0 Å². The van der Waals surface area contributed by atoms with Crippen LogP contribution in [0.2, 0.25) is 0 Å². The summed E-state index contributed by atoms with van der Waals surface area (Å²) in [6.07, 6.45) is 2.62. The summed E-state index contributed by atoms with van der Waals surface area (Å²) in [7, 11) is 5.37. The maximum absolute atomic E-state index is 5.53. The van der Waals surface area contributed by atoms with Crippen molar-refractivity contribution >= 4 is 0 Å². The predicted octanol–water partition coefficient (Wildman–Crippen LogP) is 2.55. The molecule has 0 saturated carbocycles. The fraction of sp³-hybridized carbons (Fsp3) is 0.786. The van der Waals surface area contributed by atoms with Gasteiger partial charge in [0.05, 0.1) is 30.6 Å². The lowest BCUT2D eigenvalue weighted by Gasteiger charge is -2.29. The molecule has 5 nitrogen and oxygen atoms in total. The minimum atomic E-state index is -0.204. The number of nitrogens with zero attached hydrogens (tertiary/aromatic N) is 2. The van der Waals surface area contributed by atoms with Crippen molar-refractivity contribution in [3.05, 3.63) is 11.9 Å². The van der Waals surface area contributed by atoms with E-state index in [1.165, 1.54) is 0 Å². The summed E-state index contributed by atoms with van der Waals surface area (Å²) in [6, 6.07) is 0.426. The second kappa shape index (κ2) is 6.39. The van der Waals surface area contributed by atoms with E-state index in [9.17, 15) is 0 Å². The van der Waals surface area contributed by atoms with Crippen LogP contribution in [-0.4, -0.2) is 36.6 Å². The number of methoxy groups -OCH3 is 2. The molecule has 110 valence electrons.